The summed E-state index contributed by atoms with van der Waals surface area (Å²) in [6, 6.07) is 9.07. The Morgan fingerprint density at radius 1 is 1.08 bits per heavy atom. The zero-order valence-corrected chi connectivity index (χ0v) is 16.4. The van der Waals surface area contributed by atoms with Crippen LogP contribution in [0.15, 0.2) is 30.3 Å². The lowest BCUT2D eigenvalue weighted by Crippen LogP contribution is -2.36. The summed E-state index contributed by atoms with van der Waals surface area (Å²) in [6.45, 7) is 7.16. The molecule has 5 nitrogen and oxygen atoms in total. The average molecular weight is 375 g/mol. The molecule has 6 heteroatoms. The number of nitrogens with zero attached hydrogens (tertiary/aromatic N) is 1. The summed E-state index contributed by atoms with van der Waals surface area (Å²) >= 11 is 6.09. The molecule has 0 fully saturated rings. The summed E-state index contributed by atoms with van der Waals surface area (Å²) in [6.07, 6.45) is 0. The van der Waals surface area contributed by atoms with Gasteiger partial charge in [-0.1, -0.05) is 17.7 Å². The van der Waals surface area contributed by atoms with Gasteiger partial charge in [0.2, 0.25) is 11.8 Å². The Morgan fingerprint density at radius 3 is 2.35 bits per heavy atom. The van der Waals surface area contributed by atoms with E-state index < -0.39 is 0 Å². The van der Waals surface area contributed by atoms with E-state index in [0.717, 1.165) is 16.7 Å². The Morgan fingerprint density at radius 2 is 1.77 bits per heavy atom. The quantitative estimate of drug-likeness (QED) is 0.850. The minimum absolute atomic E-state index is 0.0946. The summed E-state index contributed by atoms with van der Waals surface area (Å²) < 4.78 is 5.27. The van der Waals surface area contributed by atoms with Crippen molar-refractivity contribution in [1.82, 2.24) is 0 Å². The molecular formula is C20H23ClN2O3. The fourth-order valence-electron chi connectivity index (χ4n) is 2.54. The largest absolute Gasteiger partial charge is 0.495 e. The molecule has 0 saturated carbocycles. The Labute approximate surface area is 158 Å². The minimum atomic E-state index is -0.321. The van der Waals surface area contributed by atoms with Crippen molar-refractivity contribution in [2.24, 2.45) is 0 Å². The van der Waals surface area contributed by atoms with Gasteiger partial charge in [0, 0.05) is 23.7 Å². The molecule has 1 N–H and O–H groups in total. The van der Waals surface area contributed by atoms with Gasteiger partial charge >= 0.3 is 0 Å². The van der Waals surface area contributed by atoms with Crippen LogP contribution in [0, 0.1) is 20.8 Å². The summed E-state index contributed by atoms with van der Waals surface area (Å²) in [5.74, 6) is -0.0596. The number of hydrogen-bond donors (Lipinski definition) is 1. The molecule has 0 aliphatic carbocycles. The summed E-state index contributed by atoms with van der Waals surface area (Å²) in [5, 5.41) is 3.35. The first kappa shape index (κ1) is 19.8. The number of anilines is 2. The van der Waals surface area contributed by atoms with Crippen molar-refractivity contribution < 1.29 is 14.3 Å². The van der Waals surface area contributed by atoms with Gasteiger partial charge in [0.1, 0.15) is 12.3 Å². The number of halogens is 1. The van der Waals surface area contributed by atoms with Crippen LogP contribution >= 0.6 is 11.6 Å². The molecule has 0 aromatic heterocycles. The standard InChI is InChI=1S/C20H23ClN2O3/c1-12-6-7-16(8-13(12)2)23(15(4)24)11-20(25)22-18-9-14(3)17(21)10-19(18)26-5/h6-10H,11H2,1-5H3,(H,22,25). The highest BCUT2D eigenvalue weighted by atomic mass is 35.5. The predicted octanol–water partition coefficient (Wildman–Crippen LogP) is 4.27. The van der Waals surface area contributed by atoms with E-state index in [1.54, 1.807) is 12.1 Å². The number of methoxy groups -OCH3 is 1. The first-order valence-corrected chi connectivity index (χ1v) is 8.60. The van der Waals surface area contributed by atoms with Crippen LogP contribution in [0.2, 0.25) is 5.02 Å². The van der Waals surface area contributed by atoms with E-state index in [9.17, 15) is 9.59 Å². The maximum absolute atomic E-state index is 12.5. The lowest BCUT2D eigenvalue weighted by atomic mass is 10.1. The van der Waals surface area contributed by atoms with Crippen LogP contribution in [0.5, 0.6) is 5.75 Å². The van der Waals surface area contributed by atoms with Gasteiger partial charge in [0.05, 0.1) is 12.8 Å². The molecule has 2 aromatic rings. The highest BCUT2D eigenvalue weighted by Crippen LogP contribution is 2.31. The van der Waals surface area contributed by atoms with Crippen molar-refractivity contribution in [1.29, 1.82) is 0 Å². The lowest BCUT2D eigenvalue weighted by Gasteiger charge is -2.22. The van der Waals surface area contributed by atoms with Crippen LogP contribution in [-0.4, -0.2) is 25.5 Å². The molecule has 0 unspecified atom stereocenters. The van der Waals surface area contributed by atoms with Crippen molar-refractivity contribution in [3.8, 4) is 5.75 Å². The maximum Gasteiger partial charge on any atom is 0.244 e. The number of nitrogens with one attached hydrogen (secondary N) is 1. The number of aryl methyl sites for hydroxylation is 3. The minimum Gasteiger partial charge on any atom is -0.495 e. The van der Waals surface area contributed by atoms with Crippen molar-refractivity contribution in [2.45, 2.75) is 27.7 Å². The van der Waals surface area contributed by atoms with Gasteiger partial charge in [-0.05, 0) is 55.7 Å². The van der Waals surface area contributed by atoms with Gasteiger partial charge in [0.15, 0.2) is 0 Å². The van der Waals surface area contributed by atoms with Gasteiger partial charge in [-0.25, -0.2) is 0 Å². The smallest absolute Gasteiger partial charge is 0.244 e. The fraction of sp³-hybridized carbons (Fsp3) is 0.300. The van der Waals surface area contributed by atoms with E-state index in [1.165, 1.54) is 18.9 Å². The maximum atomic E-state index is 12.5. The Balaban J connectivity index is 2.22. The summed E-state index contributed by atoms with van der Waals surface area (Å²) in [5.41, 5.74) is 4.21. The third-order valence-electron chi connectivity index (χ3n) is 4.24. The number of rotatable bonds is 5. The monoisotopic (exact) mass is 374 g/mol. The molecule has 0 atom stereocenters. The Bertz CT molecular complexity index is 849. The van der Waals surface area contributed by atoms with E-state index in [-0.39, 0.29) is 18.4 Å². The van der Waals surface area contributed by atoms with Crippen LogP contribution in [0.3, 0.4) is 0 Å². The normalized spacial score (nSPS) is 10.4. The number of ether oxygens (including phenoxy) is 1. The van der Waals surface area contributed by atoms with Crippen LogP contribution < -0.4 is 15.0 Å². The zero-order valence-electron chi connectivity index (χ0n) is 15.6. The zero-order chi connectivity index (χ0) is 19.4. The van der Waals surface area contributed by atoms with E-state index in [4.69, 9.17) is 16.3 Å². The highest BCUT2D eigenvalue weighted by Gasteiger charge is 2.18. The Kier molecular flexibility index (Phi) is 6.27. The van der Waals surface area contributed by atoms with Gasteiger partial charge in [-0.2, -0.15) is 0 Å². The van der Waals surface area contributed by atoms with Crippen molar-refractivity contribution in [3.63, 3.8) is 0 Å². The number of benzene rings is 2. The predicted molar refractivity (Wildman–Crippen MR) is 105 cm³/mol. The number of amides is 2. The third-order valence-corrected chi connectivity index (χ3v) is 4.65. The van der Waals surface area contributed by atoms with Crippen LogP contribution in [0.25, 0.3) is 0 Å². The van der Waals surface area contributed by atoms with E-state index in [2.05, 4.69) is 5.32 Å². The molecule has 2 rings (SSSR count). The molecule has 0 bridgehead atoms. The summed E-state index contributed by atoms with van der Waals surface area (Å²) in [4.78, 5) is 26.0. The molecule has 2 aromatic carbocycles. The molecule has 0 aliphatic heterocycles. The number of hydrogen-bond acceptors (Lipinski definition) is 3. The first-order valence-electron chi connectivity index (χ1n) is 8.22. The second-order valence-corrected chi connectivity index (χ2v) is 6.63. The summed E-state index contributed by atoms with van der Waals surface area (Å²) in [7, 11) is 1.51. The molecule has 26 heavy (non-hydrogen) atoms. The van der Waals surface area contributed by atoms with Crippen LogP contribution in [0.1, 0.15) is 23.6 Å². The van der Waals surface area contributed by atoms with Gasteiger partial charge in [0.25, 0.3) is 0 Å². The fourth-order valence-corrected chi connectivity index (χ4v) is 2.69. The second kappa shape index (κ2) is 8.23. The van der Waals surface area contributed by atoms with Crippen molar-refractivity contribution in [2.75, 3.05) is 23.9 Å². The third kappa shape index (κ3) is 4.55. The number of carbonyl (C=O) groups is 2. The van der Waals surface area contributed by atoms with Gasteiger partial charge in [-0.3, -0.25) is 9.59 Å². The van der Waals surface area contributed by atoms with E-state index >= 15 is 0 Å². The van der Waals surface area contributed by atoms with Crippen molar-refractivity contribution >= 4 is 34.8 Å². The molecular weight excluding hydrogens is 352 g/mol. The van der Waals surface area contributed by atoms with Gasteiger partial charge < -0.3 is 15.0 Å². The van der Waals surface area contributed by atoms with Crippen LogP contribution in [0.4, 0.5) is 11.4 Å². The topological polar surface area (TPSA) is 58.6 Å². The first-order chi connectivity index (χ1) is 12.2. The van der Waals surface area contributed by atoms with E-state index in [1.807, 2.05) is 39.0 Å². The SMILES string of the molecule is COc1cc(Cl)c(C)cc1NC(=O)CN(C(C)=O)c1ccc(C)c(C)c1. The lowest BCUT2D eigenvalue weighted by molar-refractivity contribution is -0.120. The molecule has 0 heterocycles. The second-order valence-electron chi connectivity index (χ2n) is 6.22. The van der Waals surface area contributed by atoms with Crippen LogP contribution in [-0.2, 0) is 9.59 Å². The molecule has 0 aliphatic rings. The Hall–Kier alpha value is -2.53. The average Bonchev–Trinajstić information content (AvgIpc) is 2.58. The highest BCUT2D eigenvalue weighted by molar-refractivity contribution is 6.31. The van der Waals surface area contributed by atoms with E-state index in [0.29, 0.717) is 22.1 Å². The number of carbonyl (C=O) groups excluding carboxylic acids is 2. The molecule has 138 valence electrons. The molecule has 0 radical (unpaired) electrons. The molecule has 0 saturated heterocycles. The molecule has 0 spiro atoms. The van der Waals surface area contributed by atoms with Gasteiger partial charge in [-0.15, -0.1) is 0 Å². The molecule has 2 amide bonds. The van der Waals surface area contributed by atoms with Crippen molar-refractivity contribution in [3.05, 3.63) is 52.0 Å².